The minimum atomic E-state index is 0.659. The van der Waals surface area contributed by atoms with Gasteiger partial charge in [0.05, 0.1) is 19.3 Å². The third kappa shape index (κ3) is 2.19. The SMILES string of the molecule is COc1cccc(Cn2c(C)cc3ccccc32)n1. The average Bonchev–Trinajstić information content (AvgIpc) is 2.76. The van der Waals surface area contributed by atoms with Crippen LogP contribution in [0.4, 0.5) is 0 Å². The molecule has 2 aromatic heterocycles. The Morgan fingerprint density at radius 2 is 1.95 bits per heavy atom. The van der Waals surface area contributed by atoms with Gasteiger partial charge in [0.1, 0.15) is 0 Å². The second-order valence-electron chi connectivity index (χ2n) is 4.60. The second kappa shape index (κ2) is 4.76. The number of para-hydroxylation sites is 1. The molecule has 0 spiro atoms. The summed E-state index contributed by atoms with van der Waals surface area (Å²) in [5.41, 5.74) is 3.49. The molecule has 0 aliphatic heterocycles. The summed E-state index contributed by atoms with van der Waals surface area (Å²) in [5.74, 6) is 0.659. The van der Waals surface area contributed by atoms with Gasteiger partial charge in [-0.1, -0.05) is 24.3 Å². The van der Waals surface area contributed by atoms with Gasteiger partial charge in [-0.05, 0) is 30.5 Å². The number of aryl methyl sites for hydroxylation is 1. The Kier molecular flexibility index (Phi) is 2.95. The van der Waals surface area contributed by atoms with Crippen molar-refractivity contribution in [2.45, 2.75) is 13.5 Å². The molecule has 0 fully saturated rings. The molecular formula is C16H16N2O. The number of rotatable bonds is 3. The number of nitrogens with zero attached hydrogens (tertiary/aromatic N) is 2. The quantitative estimate of drug-likeness (QED) is 0.714. The molecule has 3 heteroatoms. The van der Waals surface area contributed by atoms with E-state index in [-0.39, 0.29) is 0 Å². The van der Waals surface area contributed by atoms with Crippen LogP contribution in [0.2, 0.25) is 0 Å². The maximum absolute atomic E-state index is 5.17. The molecule has 1 aromatic carbocycles. The number of aromatic nitrogens is 2. The maximum atomic E-state index is 5.17. The molecule has 3 nitrogen and oxygen atoms in total. The summed E-state index contributed by atoms with van der Waals surface area (Å²) in [6, 6.07) is 16.5. The van der Waals surface area contributed by atoms with Gasteiger partial charge in [0, 0.05) is 17.3 Å². The second-order valence-corrected chi connectivity index (χ2v) is 4.60. The minimum Gasteiger partial charge on any atom is -0.481 e. The van der Waals surface area contributed by atoms with Crippen molar-refractivity contribution in [2.24, 2.45) is 0 Å². The molecular weight excluding hydrogens is 236 g/mol. The summed E-state index contributed by atoms with van der Waals surface area (Å²) in [4.78, 5) is 4.47. The van der Waals surface area contributed by atoms with Crippen molar-refractivity contribution in [3.05, 3.63) is 59.9 Å². The molecule has 3 aromatic rings. The molecule has 0 saturated heterocycles. The Balaban J connectivity index is 2.02. The Morgan fingerprint density at radius 1 is 1.11 bits per heavy atom. The van der Waals surface area contributed by atoms with Crippen molar-refractivity contribution in [3.63, 3.8) is 0 Å². The normalized spacial score (nSPS) is 10.8. The van der Waals surface area contributed by atoms with Crippen molar-refractivity contribution in [1.82, 2.24) is 9.55 Å². The van der Waals surface area contributed by atoms with E-state index in [0.29, 0.717) is 5.88 Å². The van der Waals surface area contributed by atoms with E-state index in [9.17, 15) is 0 Å². The van der Waals surface area contributed by atoms with E-state index in [1.165, 1.54) is 16.6 Å². The first-order valence-electron chi connectivity index (χ1n) is 6.33. The lowest BCUT2D eigenvalue weighted by Crippen LogP contribution is -2.03. The zero-order valence-electron chi connectivity index (χ0n) is 11.1. The lowest BCUT2D eigenvalue weighted by Gasteiger charge is -2.08. The third-order valence-electron chi connectivity index (χ3n) is 3.33. The molecule has 0 unspecified atom stereocenters. The fourth-order valence-electron chi connectivity index (χ4n) is 2.38. The topological polar surface area (TPSA) is 27.1 Å². The molecule has 2 heterocycles. The van der Waals surface area contributed by atoms with E-state index in [1.54, 1.807) is 7.11 Å². The van der Waals surface area contributed by atoms with Gasteiger partial charge in [0.15, 0.2) is 0 Å². The van der Waals surface area contributed by atoms with Crippen LogP contribution in [0, 0.1) is 6.92 Å². The molecule has 0 atom stereocenters. The van der Waals surface area contributed by atoms with Crippen LogP contribution >= 0.6 is 0 Å². The number of fused-ring (bicyclic) bond motifs is 1. The lowest BCUT2D eigenvalue weighted by molar-refractivity contribution is 0.396. The zero-order chi connectivity index (χ0) is 13.2. The van der Waals surface area contributed by atoms with Crippen LogP contribution in [-0.2, 0) is 6.54 Å². The first-order valence-corrected chi connectivity index (χ1v) is 6.33. The molecule has 0 N–H and O–H groups in total. The van der Waals surface area contributed by atoms with Crippen LogP contribution in [-0.4, -0.2) is 16.7 Å². The van der Waals surface area contributed by atoms with Crippen molar-refractivity contribution in [1.29, 1.82) is 0 Å². The lowest BCUT2D eigenvalue weighted by atomic mass is 10.2. The first-order chi connectivity index (χ1) is 9.28. The van der Waals surface area contributed by atoms with Crippen molar-refractivity contribution in [2.75, 3.05) is 7.11 Å². The van der Waals surface area contributed by atoms with Crippen LogP contribution < -0.4 is 4.74 Å². The van der Waals surface area contributed by atoms with Gasteiger partial charge in [-0.2, -0.15) is 0 Å². The van der Waals surface area contributed by atoms with Gasteiger partial charge in [0.25, 0.3) is 0 Å². The third-order valence-corrected chi connectivity index (χ3v) is 3.33. The Labute approximate surface area is 112 Å². The number of methoxy groups -OCH3 is 1. The smallest absolute Gasteiger partial charge is 0.213 e. The predicted octanol–water partition coefficient (Wildman–Crippen LogP) is 3.40. The number of hydrogen-bond donors (Lipinski definition) is 0. The maximum Gasteiger partial charge on any atom is 0.213 e. The zero-order valence-corrected chi connectivity index (χ0v) is 11.1. The highest BCUT2D eigenvalue weighted by molar-refractivity contribution is 5.81. The molecule has 3 rings (SSSR count). The van der Waals surface area contributed by atoms with Gasteiger partial charge in [-0.15, -0.1) is 0 Å². The number of hydrogen-bond acceptors (Lipinski definition) is 2. The molecule has 0 aliphatic carbocycles. The first kappa shape index (κ1) is 11.8. The Hall–Kier alpha value is -2.29. The molecule has 0 bridgehead atoms. The fraction of sp³-hybridized carbons (Fsp3) is 0.188. The molecule has 0 aliphatic rings. The highest BCUT2D eigenvalue weighted by Gasteiger charge is 2.06. The van der Waals surface area contributed by atoms with Gasteiger partial charge in [-0.3, -0.25) is 0 Å². The van der Waals surface area contributed by atoms with Gasteiger partial charge in [0.2, 0.25) is 5.88 Å². The largest absolute Gasteiger partial charge is 0.481 e. The summed E-state index contributed by atoms with van der Waals surface area (Å²) in [7, 11) is 1.64. The van der Waals surface area contributed by atoms with Crippen LogP contribution in [0.1, 0.15) is 11.4 Å². The number of benzene rings is 1. The summed E-state index contributed by atoms with van der Waals surface area (Å²) >= 11 is 0. The molecule has 0 saturated carbocycles. The highest BCUT2D eigenvalue weighted by atomic mass is 16.5. The minimum absolute atomic E-state index is 0.659. The van der Waals surface area contributed by atoms with Crippen molar-refractivity contribution < 1.29 is 4.74 Å². The van der Waals surface area contributed by atoms with Crippen LogP contribution in [0.25, 0.3) is 10.9 Å². The van der Waals surface area contributed by atoms with E-state index in [1.807, 2.05) is 18.2 Å². The van der Waals surface area contributed by atoms with E-state index < -0.39 is 0 Å². The summed E-state index contributed by atoms with van der Waals surface area (Å²) in [5, 5.41) is 1.27. The predicted molar refractivity (Wildman–Crippen MR) is 76.6 cm³/mol. The van der Waals surface area contributed by atoms with Gasteiger partial charge >= 0.3 is 0 Å². The van der Waals surface area contributed by atoms with Crippen LogP contribution in [0.3, 0.4) is 0 Å². The van der Waals surface area contributed by atoms with E-state index in [0.717, 1.165) is 12.2 Å². The van der Waals surface area contributed by atoms with E-state index in [4.69, 9.17) is 4.74 Å². The highest BCUT2D eigenvalue weighted by Crippen LogP contribution is 2.20. The monoisotopic (exact) mass is 252 g/mol. The number of pyridine rings is 1. The standard InChI is InChI=1S/C16H16N2O/c1-12-10-13-6-3-4-8-15(13)18(12)11-14-7-5-9-16(17-14)19-2/h3-10H,11H2,1-2H3. The summed E-state index contributed by atoms with van der Waals surface area (Å²) in [6.45, 7) is 2.89. The van der Waals surface area contributed by atoms with Gasteiger partial charge < -0.3 is 9.30 Å². The average molecular weight is 252 g/mol. The van der Waals surface area contributed by atoms with Crippen LogP contribution in [0.15, 0.2) is 48.5 Å². The fourth-order valence-corrected chi connectivity index (χ4v) is 2.38. The molecule has 0 amide bonds. The molecule has 19 heavy (non-hydrogen) atoms. The van der Waals surface area contributed by atoms with Crippen molar-refractivity contribution >= 4 is 10.9 Å². The number of ether oxygens (including phenoxy) is 1. The Bertz CT molecular complexity index is 716. The van der Waals surface area contributed by atoms with Crippen molar-refractivity contribution in [3.8, 4) is 5.88 Å². The molecule has 0 radical (unpaired) electrons. The van der Waals surface area contributed by atoms with E-state index in [2.05, 4.69) is 46.8 Å². The summed E-state index contributed by atoms with van der Waals surface area (Å²) in [6.07, 6.45) is 0. The van der Waals surface area contributed by atoms with E-state index >= 15 is 0 Å². The summed E-state index contributed by atoms with van der Waals surface area (Å²) < 4.78 is 7.45. The van der Waals surface area contributed by atoms with Crippen LogP contribution in [0.5, 0.6) is 5.88 Å². The molecule has 96 valence electrons. The van der Waals surface area contributed by atoms with Gasteiger partial charge in [-0.25, -0.2) is 4.98 Å². The Morgan fingerprint density at radius 3 is 2.79 bits per heavy atom.